The Hall–Kier alpha value is -1.89. The fraction of sp³-hybridized carbons (Fsp3) is 0.556. The molecule has 0 spiro atoms. The molecule has 35 heavy (non-hydrogen) atoms. The minimum absolute atomic E-state index is 0.0366. The van der Waals surface area contributed by atoms with E-state index in [0.29, 0.717) is 5.39 Å². The van der Waals surface area contributed by atoms with Crippen LogP contribution in [0, 0.1) is 11.3 Å². The van der Waals surface area contributed by atoms with Crippen LogP contribution >= 0.6 is 19.2 Å². The molecule has 3 heterocycles. The van der Waals surface area contributed by atoms with Crippen molar-refractivity contribution in [2.24, 2.45) is 0 Å². The van der Waals surface area contributed by atoms with Crippen molar-refractivity contribution in [1.82, 2.24) is 9.55 Å². The Kier molecular flexibility index (Phi) is 6.65. The second kappa shape index (κ2) is 8.89. The molecule has 0 unspecified atom stereocenters. The molecule has 1 aliphatic carbocycles. The highest BCUT2D eigenvalue weighted by atomic mass is 35.5. The van der Waals surface area contributed by atoms with Gasteiger partial charge >= 0.3 is 7.60 Å². The molecular weight excluding hydrogens is 537 g/mol. The number of hydrogen-bond donors (Lipinski definition) is 5. The number of aliphatic hydroxyl groups excluding tert-OH is 2. The van der Waals surface area contributed by atoms with E-state index in [4.69, 9.17) is 26.1 Å². The van der Waals surface area contributed by atoms with E-state index >= 15 is 0 Å². The maximum absolute atomic E-state index is 13.3. The van der Waals surface area contributed by atoms with E-state index in [1.807, 2.05) is 0 Å². The van der Waals surface area contributed by atoms with E-state index in [1.165, 1.54) is 16.8 Å². The Bertz CT molecular complexity index is 1350. The van der Waals surface area contributed by atoms with Crippen LogP contribution in [0.3, 0.4) is 0 Å². The van der Waals surface area contributed by atoms with E-state index in [9.17, 15) is 37.2 Å². The van der Waals surface area contributed by atoms with Gasteiger partial charge in [-0.2, -0.15) is 5.26 Å². The van der Waals surface area contributed by atoms with Gasteiger partial charge in [0.25, 0.3) is 5.92 Å². The average Bonchev–Trinajstić information content (AvgIpc) is 3.22. The minimum atomic E-state index is -4.91. The first-order valence-electron chi connectivity index (χ1n) is 10.1. The zero-order valence-corrected chi connectivity index (χ0v) is 20.1. The normalized spacial score (nSPS) is 27.0. The molecule has 12 nitrogen and oxygen atoms in total. The largest absolute Gasteiger partial charge is 0.387 e. The van der Waals surface area contributed by atoms with Gasteiger partial charge in [-0.15, -0.1) is 0 Å². The van der Waals surface area contributed by atoms with Crippen LogP contribution in [0.25, 0.3) is 11.0 Å². The van der Waals surface area contributed by atoms with Gasteiger partial charge in [0, 0.05) is 30.5 Å². The number of nitrogens with zero attached hydrogens (tertiary/aromatic N) is 3. The Balaban J connectivity index is 1.65. The number of hydrogen-bond acceptors (Lipinski definition) is 9. The second-order valence-electron chi connectivity index (χ2n) is 8.58. The van der Waals surface area contributed by atoms with Crippen molar-refractivity contribution in [2.45, 2.75) is 49.3 Å². The van der Waals surface area contributed by atoms with Crippen molar-refractivity contribution < 1.29 is 46.5 Å². The number of fused-ring (bicyclic) bond motifs is 1. The maximum Gasteiger partial charge on any atom is 0.340 e. The molecule has 0 radical (unpaired) electrons. The topological polar surface area (TPSA) is 195 Å². The first kappa shape index (κ1) is 26.2. The summed E-state index contributed by atoms with van der Waals surface area (Å²) in [5.74, 6) is -3.79. The van der Waals surface area contributed by atoms with Crippen molar-refractivity contribution in [1.29, 1.82) is 5.26 Å². The number of halogens is 3. The molecule has 0 amide bonds. The number of sulfone groups is 1. The lowest BCUT2D eigenvalue weighted by Gasteiger charge is -2.36. The Morgan fingerprint density at radius 2 is 2.00 bits per heavy atom. The third-order valence-electron chi connectivity index (χ3n) is 5.74. The van der Waals surface area contributed by atoms with Crippen molar-refractivity contribution in [3.8, 4) is 6.07 Å². The highest BCUT2D eigenvalue weighted by Crippen LogP contribution is 2.43. The molecule has 1 saturated heterocycles. The molecular formula is C18H20ClF2N4O8PS. The molecule has 0 bridgehead atoms. The quantitative estimate of drug-likeness (QED) is 0.304. The zero-order chi connectivity index (χ0) is 25.9. The van der Waals surface area contributed by atoms with Crippen molar-refractivity contribution in [3.63, 3.8) is 0 Å². The van der Waals surface area contributed by atoms with E-state index < -0.39 is 78.0 Å². The van der Waals surface area contributed by atoms with Crippen LogP contribution in [0.1, 0.15) is 24.8 Å². The molecule has 4 rings (SSSR count). The van der Waals surface area contributed by atoms with Crippen LogP contribution in [0.2, 0.25) is 5.02 Å². The summed E-state index contributed by atoms with van der Waals surface area (Å²) < 4.78 is 68.6. The number of aliphatic hydroxyl groups is 2. The predicted octanol–water partition coefficient (Wildman–Crippen LogP) is 0.940. The van der Waals surface area contributed by atoms with Gasteiger partial charge in [-0.05, 0) is 6.07 Å². The Morgan fingerprint density at radius 3 is 2.57 bits per heavy atom. The molecule has 2 fully saturated rings. The summed E-state index contributed by atoms with van der Waals surface area (Å²) in [5, 5.41) is 33.4. The minimum Gasteiger partial charge on any atom is -0.387 e. The predicted molar refractivity (Wildman–Crippen MR) is 118 cm³/mol. The molecule has 0 aromatic carbocycles. The van der Waals surface area contributed by atoms with Crippen LogP contribution in [-0.4, -0.2) is 79.5 Å². The van der Waals surface area contributed by atoms with E-state index in [0.717, 1.165) is 0 Å². The summed E-state index contributed by atoms with van der Waals surface area (Å²) in [6, 6.07) is 2.65. The standard InChI is InChI=1S/C18H20ClF2N4O8PS/c19-12-10(5-22)24-16-9(13(12)23-8-3-18(20,21)4-8)1-2-25(16)17-15(27)14(26)11(33-17)6-35(31,32)7-34(28,29)30/h1-2,8,11,14-15,17,26-27H,3-4,6-7H2,(H,23,24)(H2,28,29,30)/t11-,14-,15-,17-/m1/s1. The van der Waals surface area contributed by atoms with Gasteiger partial charge in [-0.25, -0.2) is 22.2 Å². The summed E-state index contributed by atoms with van der Waals surface area (Å²) in [5.41, 5.74) is -1.50. The number of nitriles is 1. The van der Waals surface area contributed by atoms with Gasteiger partial charge in [-0.3, -0.25) is 4.57 Å². The van der Waals surface area contributed by atoms with Crippen LogP contribution in [0.4, 0.5) is 14.5 Å². The number of anilines is 1. The number of rotatable bonds is 7. The summed E-state index contributed by atoms with van der Waals surface area (Å²) in [6.45, 7) is 0. The average molecular weight is 557 g/mol. The lowest BCUT2D eigenvalue weighted by Crippen LogP contribution is -2.44. The second-order valence-corrected chi connectivity index (χ2v) is 13.1. The summed E-state index contributed by atoms with van der Waals surface area (Å²) in [7, 11) is -9.28. The van der Waals surface area contributed by atoms with Crippen LogP contribution < -0.4 is 5.32 Å². The van der Waals surface area contributed by atoms with Crippen molar-refractivity contribution in [3.05, 3.63) is 23.0 Å². The fourth-order valence-corrected chi connectivity index (χ4v) is 7.68. The highest BCUT2D eigenvalue weighted by molar-refractivity contribution is 7.97. The van der Waals surface area contributed by atoms with E-state index in [1.54, 1.807) is 6.07 Å². The third kappa shape index (κ3) is 5.30. The van der Waals surface area contributed by atoms with Gasteiger partial charge in [0.2, 0.25) is 0 Å². The SMILES string of the molecule is N#Cc1nc2c(ccn2[C@@H]2O[C@H](CS(=O)(=O)CP(=O)(O)O)[C@@H](O)[C@H]2O)c(NC2CC(F)(F)C2)c1Cl. The molecule has 5 N–H and O–H groups in total. The summed E-state index contributed by atoms with van der Waals surface area (Å²) >= 11 is 6.26. The van der Waals surface area contributed by atoms with Crippen LogP contribution in [0.5, 0.6) is 0 Å². The molecule has 2 aromatic rings. The van der Waals surface area contributed by atoms with Crippen LogP contribution in [0.15, 0.2) is 12.3 Å². The number of ether oxygens (including phenoxy) is 1. The zero-order valence-electron chi connectivity index (χ0n) is 17.6. The van der Waals surface area contributed by atoms with Gasteiger partial charge in [0.1, 0.15) is 35.1 Å². The van der Waals surface area contributed by atoms with Gasteiger partial charge < -0.3 is 34.6 Å². The fourth-order valence-electron chi connectivity index (χ4n) is 4.19. The molecule has 2 aromatic heterocycles. The van der Waals surface area contributed by atoms with E-state index in [-0.39, 0.29) is 22.1 Å². The summed E-state index contributed by atoms with van der Waals surface area (Å²) in [4.78, 5) is 22.1. The molecule has 4 atom stereocenters. The van der Waals surface area contributed by atoms with Crippen molar-refractivity contribution >= 4 is 45.8 Å². The Labute approximate surface area is 202 Å². The molecule has 1 saturated carbocycles. The number of alkyl halides is 2. The first-order valence-corrected chi connectivity index (χ1v) is 14.1. The highest BCUT2D eigenvalue weighted by Gasteiger charge is 2.47. The lowest BCUT2D eigenvalue weighted by atomic mass is 9.88. The molecule has 17 heteroatoms. The van der Waals surface area contributed by atoms with E-state index in [2.05, 4.69) is 10.3 Å². The number of aromatic nitrogens is 2. The van der Waals surface area contributed by atoms with Crippen LogP contribution in [-0.2, 0) is 19.1 Å². The Morgan fingerprint density at radius 1 is 1.34 bits per heavy atom. The number of nitrogens with one attached hydrogen (secondary N) is 1. The lowest BCUT2D eigenvalue weighted by molar-refractivity contribution is -0.0793. The number of pyridine rings is 1. The summed E-state index contributed by atoms with van der Waals surface area (Å²) in [6.07, 6.45) is -5.83. The third-order valence-corrected chi connectivity index (χ3v) is 9.86. The van der Waals surface area contributed by atoms with Gasteiger partial charge in [0.05, 0.1) is 11.4 Å². The smallest absolute Gasteiger partial charge is 0.340 e. The molecule has 2 aliphatic rings. The molecule has 192 valence electrons. The van der Waals surface area contributed by atoms with Gasteiger partial charge in [-0.1, -0.05) is 11.6 Å². The first-order chi connectivity index (χ1) is 16.1. The molecule has 1 aliphatic heterocycles. The monoisotopic (exact) mass is 556 g/mol. The maximum atomic E-state index is 13.3. The van der Waals surface area contributed by atoms with Crippen molar-refractivity contribution in [2.75, 3.05) is 16.6 Å². The van der Waals surface area contributed by atoms with Gasteiger partial charge in [0.15, 0.2) is 27.3 Å².